The molecule has 28 heavy (non-hydrogen) atoms. The van der Waals surface area contributed by atoms with Gasteiger partial charge < -0.3 is 16.0 Å². The molecule has 2 aromatic carbocycles. The van der Waals surface area contributed by atoms with Crippen molar-refractivity contribution < 1.29 is 14.4 Å². The third-order valence-electron chi connectivity index (χ3n) is 4.22. The summed E-state index contributed by atoms with van der Waals surface area (Å²) in [4.78, 5) is 35.9. The van der Waals surface area contributed by atoms with Crippen molar-refractivity contribution in [3.8, 4) is 0 Å². The normalized spacial score (nSPS) is 13.2. The molecule has 0 atom stereocenters. The number of amides is 3. The van der Waals surface area contributed by atoms with E-state index in [1.165, 1.54) is 19.2 Å². The van der Waals surface area contributed by atoms with Crippen LogP contribution < -0.4 is 16.0 Å². The molecule has 3 amide bonds. The van der Waals surface area contributed by atoms with Crippen LogP contribution in [0.4, 0.5) is 5.69 Å². The number of rotatable bonds is 6. The molecular weight excluding hydrogens is 378 g/mol. The predicted octanol–water partition coefficient (Wildman–Crippen LogP) is 3.24. The Morgan fingerprint density at radius 1 is 1.04 bits per heavy atom. The first kappa shape index (κ1) is 19.6. The van der Waals surface area contributed by atoms with Crippen LogP contribution in [-0.2, 0) is 4.79 Å². The number of anilines is 1. The van der Waals surface area contributed by atoms with Gasteiger partial charge in [0.05, 0.1) is 10.6 Å². The molecule has 7 heteroatoms. The molecule has 2 aromatic rings. The number of hydrogen-bond donors (Lipinski definition) is 3. The summed E-state index contributed by atoms with van der Waals surface area (Å²) in [6.07, 6.45) is 5.11. The van der Waals surface area contributed by atoms with Crippen LogP contribution in [0.3, 0.4) is 0 Å². The highest BCUT2D eigenvalue weighted by atomic mass is 35.5. The minimum atomic E-state index is -0.347. The maximum atomic E-state index is 12.1. The second-order valence-corrected chi connectivity index (χ2v) is 6.87. The van der Waals surface area contributed by atoms with Gasteiger partial charge in [-0.1, -0.05) is 23.7 Å². The summed E-state index contributed by atoms with van der Waals surface area (Å²) in [6.45, 7) is 0. The Morgan fingerprint density at radius 3 is 2.39 bits per heavy atom. The number of halogens is 1. The van der Waals surface area contributed by atoms with Crippen molar-refractivity contribution in [3.05, 3.63) is 70.3 Å². The van der Waals surface area contributed by atoms with Gasteiger partial charge >= 0.3 is 0 Å². The lowest BCUT2D eigenvalue weighted by atomic mass is 10.1. The highest BCUT2D eigenvalue weighted by Crippen LogP contribution is 2.21. The van der Waals surface area contributed by atoms with Gasteiger partial charge in [0, 0.05) is 30.4 Å². The zero-order valence-electron chi connectivity index (χ0n) is 15.3. The molecule has 3 N–H and O–H groups in total. The summed E-state index contributed by atoms with van der Waals surface area (Å²) in [7, 11) is 1.51. The van der Waals surface area contributed by atoms with Crippen LogP contribution in [0.2, 0.25) is 5.02 Å². The Balaban J connectivity index is 1.60. The fourth-order valence-corrected chi connectivity index (χ4v) is 2.71. The Kier molecular flexibility index (Phi) is 6.11. The molecule has 0 unspecified atom stereocenters. The molecule has 0 bridgehead atoms. The van der Waals surface area contributed by atoms with E-state index in [1.54, 1.807) is 42.5 Å². The standard InChI is InChI=1S/C21H20ClN3O3/c1-23-21(28)17-12-16(9-10-18(17)22)24-19(26)11-4-13-2-5-14(6-3-13)20(27)25-15-7-8-15/h2-6,9-12,15H,7-8H2,1H3,(H,23,28)(H,24,26)(H,25,27)/b11-4+. The van der Waals surface area contributed by atoms with Crippen LogP contribution in [0.15, 0.2) is 48.5 Å². The quantitative estimate of drug-likeness (QED) is 0.654. The van der Waals surface area contributed by atoms with E-state index >= 15 is 0 Å². The van der Waals surface area contributed by atoms with Crippen molar-refractivity contribution >= 4 is 41.1 Å². The summed E-state index contributed by atoms with van der Waals surface area (Å²) in [5.41, 5.74) is 2.13. The average molecular weight is 398 g/mol. The van der Waals surface area contributed by atoms with Crippen molar-refractivity contribution in [1.82, 2.24) is 10.6 Å². The molecule has 144 valence electrons. The van der Waals surface area contributed by atoms with Gasteiger partial charge in [-0.25, -0.2) is 0 Å². The lowest BCUT2D eigenvalue weighted by Crippen LogP contribution is -2.25. The third-order valence-corrected chi connectivity index (χ3v) is 4.55. The first-order valence-electron chi connectivity index (χ1n) is 8.88. The molecule has 0 saturated heterocycles. The van der Waals surface area contributed by atoms with Crippen LogP contribution in [0.5, 0.6) is 0 Å². The highest BCUT2D eigenvalue weighted by molar-refractivity contribution is 6.34. The maximum Gasteiger partial charge on any atom is 0.252 e. The number of carbonyl (C=O) groups excluding carboxylic acids is 3. The zero-order chi connectivity index (χ0) is 20.1. The molecule has 0 heterocycles. The third kappa shape index (κ3) is 5.20. The van der Waals surface area contributed by atoms with Crippen molar-refractivity contribution in [2.45, 2.75) is 18.9 Å². The van der Waals surface area contributed by atoms with Gasteiger partial charge in [0.25, 0.3) is 11.8 Å². The predicted molar refractivity (Wildman–Crippen MR) is 109 cm³/mol. The van der Waals surface area contributed by atoms with Crippen LogP contribution in [0.25, 0.3) is 6.08 Å². The van der Waals surface area contributed by atoms with Crippen molar-refractivity contribution in [1.29, 1.82) is 0 Å². The largest absolute Gasteiger partial charge is 0.355 e. The van der Waals surface area contributed by atoms with Crippen LogP contribution in [-0.4, -0.2) is 30.8 Å². The molecule has 1 saturated carbocycles. The molecule has 1 fully saturated rings. The number of carbonyl (C=O) groups is 3. The van der Waals surface area contributed by atoms with Crippen LogP contribution in [0.1, 0.15) is 39.1 Å². The number of nitrogens with one attached hydrogen (secondary N) is 3. The molecule has 0 aliphatic heterocycles. The van der Waals surface area contributed by atoms with E-state index in [-0.39, 0.29) is 23.3 Å². The fourth-order valence-electron chi connectivity index (χ4n) is 2.51. The van der Waals surface area contributed by atoms with Gasteiger partial charge in [-0.2, -0.15) is 0 Å². The minimum Gasteiger partial charge on any atom is -0.355 e. The molecule has 1 aliphatic rings. The number of benzene rings is 2. The SMILES string of the molecule is CNC(=O)c1cc(NC(=O)/C=C/c2ccc(C(=O)NC3CC3)cc2)ccc1Cl. The summed E-state index contributed by atoms with van der Waals surface area (Å²) in [5, 5.41) is 8.42. The van der Waals surface area contributed by atoms with Gasteiger partial charge in [-0.3, -0.25) is 14.4 Å². The van der Waals surface area contributed by atoms with Gasteiger partial charge in [0.15, 0.2) is 0 Å². The van der Waals surface area contributed by atoms with E-state index in [9.17, 15) is 14.4 Å². The summed E-state index contributed by atoms with van der Waals surface area (Å²) in [5.74, 6) is -0.756. The monoisotopic (exact) mass is 397 g/mol. The number of hydrogen-bond acceptors (Lipinski definition) is 3. The Labute approximate surface area is 168 Å². The second kappa shape index (κ2) is 8.71. The van der Waals surface area contributed by atoms with Gasteiger partial charge in [-0.05, 0) is 54.8 Å². The van der Waals surface area contributed by atoms with E-state index in [0.29, 0.717) is 22.3 Å². The zero-order valence-corrected chi connectivity index (χ0v) is 16.0. The lowest BCUT2D eigenvalue weighted by molar-refractivity contribution is -0.111. The average Bonchev–Trinajstić information content (AvgIpc) is 3.51. The Hall–Kier alpha value is -3.12. The molecule has 0 aromatic heterocycles. The second-order valence-electron chi connectivity index (χ2n) is 6.47. The molecule has 6 nitrogen and oxygen atoms in total. The molecule has 0 spiro atoms. The molecular formula is C21H20ClN3O3. The maximum absolute atomic E-state index is 12.1. The van der Waals surface area contributed by atoms with Crippen LogP contribution in [0, 0.1) is 0 Å². The Morgan fingerprint density at radius 2 is 1.75 bits per heavy atom. The van der Waals surface area contributed by atoms with Crippen LogP contribution >= 0.6 is 11.6 Å². The van der Waals surface area contributed by atoms with E-state index in [1.807, 2.05) is 0 Å². The first-order chi connectivity index (χ1) is 13.5. The van der Waals surface area contributed by atoms with Gasteiger partial charge in [0.1, 0.15) is 0 Å². The first-order valence-corrected chi connectivity index (χ1v) is 9.25. The minimum absolute atomic E-state index is 0.0783. The topological polar surface area (TPSA) is 87.3 Å². The summed E-state index contributed by atoms with van der Waals surface area (Å²) < 4.78 is 0. The Bertz CT molecular complexity index is 934. The van der Waals surface area contributed by atoms with Gasteiger partial charge in [0.2, 0.25) is 5.91 Å². The molecule has 3 rings (SSSR count). The smallest absolute Gasteiger partial charge is 0.252 e. The van der Waals surface area contributed by atoms with Crippen molar-refractivity contribution in [3.63, 3.8) is 0 Å². The van der Waals surface area contributed by atoms with E-state index in [2.05, 4.69) is 16.0 Å². The van der Waals surface area contributed by atoms with E-state index in [4.69, 9.17) is 11.6 Å². The summed E-state index contributed by atoms with van der Waals surface area (Å²) in [6, 6.07) is 12.0. The fraction of sp³-hybridized carbons (Fsp3) is 0.190. The van der Waals surface area contributed by atoms with E-state index < -0.39 is 0 Å². The highest BCUT2D eigenvalue weighted by Gasteiger charge is 2.23. The van der Waals surface area contributed by atoms with Gasteiger partial charge in [-0.15, -0.1) is 0 Å². The lowest BCUT2D eigenvalue weighted by Gasteiger charge is -2.07. The van der Waals surface area contributed by atoms with Crippen molar-refractivity contribution in [2.24, 2.45) is 0 Å². The van der Waals surface area contributed by atoms with Crippen molar-refractivity contribution in [2.75, 3.05) is 12.4 Å². The summed E-state index contributed by atoms with van der Waals surface area (Å²) >= 11 is 6.00. The molecule has 0 radical (unpaired) electrons. The molecule has 1 aliphatic carbocycles. The van der Waals surface area contributed by atoms with E-state index in [0.717, 1.165) is 18.4 Å².